The standard InChI is InChI=1S/C10H19NO3S/c1-14-7-3-2-4-8(5-7)15-6-9(11)10(12)13/h7-9H,2-6,11H2,1H3,(H,12,13). The van der Waals surface area contributed by atoms with Crippen LogP contribution in [0.3, 0.4) is 0 Å². The second kappa shape index (κ2) is 6.35. The Morgan fingerprint density at radius 2 is 2.40 bits per heavy atom. The summed E-state index contributed by atoms with van der Waals surface area (Å²) in [7, 11) is 1.74. The van der Waals surface area contributed by atoms with Crippen molar-refractivity contribution in [1.29, 1.82) is 0 Å². The normalized spacial score (nSPS) is 28.7. The summed E-state index contributed by atoms with van der Waals surface area (Å²) in [6, 6.07) is -0.738. The lowest BCUT2D eigenvalue weighted by Gasteiger charge is -2.28. The topological polar surface area (TPSA) is 72.5 Å². The Hall–Kier alpha value is -0.260. The smallest absolute Gasteiger partial charge is 0.321 e. The van der Waals surface area contributed by atoms with Crippen molar-refractivity contribution in [3.63, 3.8) is 0 Å². The van der Waals surface area contributed by atoms with Gasteiger partial charge < -0.3 is 15.6 Å². The van der Waals surface area contributed by atoms with Crippen LogP contribution in [0.15, 0.2) is 0 Å². The van der Waals surface area contributed by atoms with Crippen LogP contribution >= 0.6 is 11.8 Å². The second-order valence-electron chi connectivity index (χ2n) is 3.92. The van der Waals surface area contributed by atoms with Crippen molar-refractivity contribution in [3.05, 3.63) is 0 Å². The van der Waals surface area contributed by atoms with Crippen LogP contribution in [0, 0.1) is 0 Å². The van der Waals surface area contributed by atoms with Gasteiger partial charge in [-0.3, -0.25) is 4.79 Å². The summed E-state index contributed by atoms with van der Waals surface area (Å²) in [6.45, 7) is 0. The van der Waals surface area contributed by atoms with E-state index in [1.54, 1.807) is 18.9 Å². The van der Waals surface area contributed by atoms with E-state index in [-0.39, 0.29) is 0 Å². The predicted molar refractivity (Wildman–Crippen MR) is 61.1 cm³/mol. The number of thioether (sulfide) groups is 1. The molecule has 88 valence electrons. The molecule has 0 bridgehead atoms. The minimum atomic E-state index is -0.915. The van der Waals surface area contributed by atoms with Crippen molar-refractivity contribution >= 4 is 17.7 Å². The zero-order valence-electron chi connectivity index (χ0n) is 9.02. The fourth-order valence-corrected chi connectivity index (χ4v) is 3.08. The van der Waals surface area contributed by atoms with Crippen LogP contribution in [0.25, 0.3) is 0 Å². The van der Waals surface area contributed by atoms with Crippen LogP contribution in [-0.4, -0.2) is 41.3 Å². The molecule has 0 aliphatic heterocycles. The number of hydrogen-bond donors (Lipinski definition) is 2. The fraction of sp³-hybridized carbons (Fsp3) is 0.900. The van der Waals surface area contributed by atoms with Gasteiger partial charge in [-0.25, -0.2) is 0 Å². The number of rotatable bonds is 5. The first-order chi connectivity index (χ1) is 7.13. The molecule has 4 nitrogen and oxygen atoms in total. The number of carboxylic acids is 1. The van der Waals surface area contributed by atoms with Crippen molar-refractivity contribution in [3.8, 4) is 0 Å². The van der Waals surface area contributed by atoms with Gasteiger partial charge in [0.1, 0.15) is 6.04 Å². The Labute approximate surface area is 94.6 Å². The highest BCUT2D eigenvalue weighted by molar-refractivity contribution is 7.99. The summed E-state index contributed by atoms with van der Waals surface area (Å²) in [5.74, 6) is -0.419. The lowest BCUT2D eigenvalue weighted by Crippen LogP contribution is -2.34. The average Bonchev–Trinajstić information content (AvgIpc) is 2.26. The minimum Gasteiger partial charge on any atom is -0.480 e. The molecule has 0 heterocycles. The molecule has 15 heavy (non-hydrogen) atoms. The summed E-state index contributed by atoms with van der Waals surface area (Å²) in [4.78, 5) is 10.5. The van der Waals surface area contributed by atoms with Crippen molar-refractivity contribution < 1.29 is 14.6 Å². The quantitative estimate of drug-likeness (QED) is 0.743. The monoisotopic (exact) mass is 233 g/mol. The summed E-state index contributed by atoms with van der Waals surface area (Å²) in [5.41, 5.74) is 5.45. The first-order valence-corrected chi connectivity index (χ1v) is 6.31. The van der Waals surface area contributed by atoms with Crippen molar-refractivity contribution in [2.75, 3.05) is 12.9 Å². The van der Waals surface area contributed by atoms with E-state index in [1.165, 1.54) is 6.42 Å². The van der Waals surface area contributed by atoms with Crippen LogP contribution < -0.4 is 5.73 Å². The largest absolute Gasteiger partial charge is 0.480 e. The zero-order valence-corrected chi connectivity index (χ0v) is 9.83. The predicted octanol–water partition coefficient (Wildman–Crippen LogP) is 1.09. The number of ether oxygens (including phenoxy) is 1. The maximum absolute atomic E-state index is 10.5. The van der Waals surface area contributed by atoms with Crippen LogP contribution in [0.5, 0.6) is 0 Å². The molecule has 1 rings (SSSR count). The summed E-state index contributed by atoms with van der Waals surface area (Å²) in [5, 5.41) is 9.16. The number of methoxy groups -OCH3 is 1. The highest BCUT2D eigenvalue weighted by Gasteiger charge is 2.23. The molecule has 1 aliphatic rings. The van der Waals surface area contributed by atoms with Gasteiger partial charge in [-0.1, -0.05) is 0 Å². The first kappa shape index (κ1) is 12.8. The van der Waals surface area contributed by atoms with Crippen LogP contribution in [0.2, 0.25) is 0 Å². The van der Waals surface area contributed by atoms with Crippen LogP contribution in [0.1, 0.15) is 25.7 Å². The third-order valence-electron chi connectivity index (χ3n) is 2.74. The Bertz CT molecular complexity index is 213. The third-order valence-corrected chi connectivity index (χ3v) is 4.19. The van der Waals surface area contributed by atoms with E-state index in [0.29, 0.717) is 17.1 Å². The molecule has 3 atom stereocenters. The zero-order chi connectivity index (χ0) is 11.3. The SMILES string of the molecule is COC1CCCC(SCC(N)C(=O)O)C1. The maximum Gasteiger partial charge on any atom is 0.321 e. The molecular formula is C10H19NO3S. The Morgan fingerprint density at radius 3 is 3.00 bits per heavy atom. The van der Waals surface area contributed by atoms with Gasteiger partial charge in [-0.05, 0) is 25.7 Å². The van der Waals surface area contributed by atoms with E-state index in [9.17, 15) is 4.79 Å². The van der Waals surface area contributed by atoms with Gasteiger partial charge in [0.25, 0.3) is 0 Å². The highest BCUT2D eigenvalue weighted by atomic mass is 32.2. The number of hydrogen-bond acceptors (Lipinski definition) is 4. The number of carboxylic acid groups (broad SMARTS) is 1. The van der Waals surface area contributed by atoms with Crippen LogP contribution in [0.4, 0.5) is 0 Å². The molecule has 3 unspecified atom stereocenters. The fourth-order valence-electron chi connectivity index (χ4n) is 1.78. The summed E-state index contributed by atoms with van der Waals surface area (Å²) < 4.78 is 5.31. The molecule has 5 heteroatoms. The number of carbonyl (C=O) groups is 1. The van der Waals surface area contributed by atoms with E-state index < -0.39 is 12.0 Å². The van der Waals surface area contributed by atoms with E-state index in [2.05, 4.69) is 0 Å². The van der Waals surface area contributed by atoms with Crippen LogP contribution in [-0.2, 0) is 9.53 Å². The second-order valence-corrected chi connectivity index (χ2v) is 5.26. The molecule has 0 aromatic heterocycles. The van der Waals surface area contributed by atoms with Gasteiger partial charge >= 0.3 is 5.97 Å². The molecule has 0 radical (unpaired) electrons. The van der Waals surface area contributed by atoms with E-state index in [0.717, 1.165) is 19.3 Å². The van der Waals surface area contributed by atoms with Gasteiger partial charge in [-0.15, -0.1) is 0 Å². The number of nitrogens with two attached hydrogens (primary N) is 1. The molecule has 0 aromatic rings. The molecule has 3 N–H and O–H groups in total. The lowest BCUT2D eigenvalue weighted by molar-refractivity contribution is -0.137. The van der Waals surface area contributed by atoms with E-state index >= 15 is 0 Å². The van der Waals surface area contributed by atoms with Crippen molar-refractivity contribution in [1.82, 2.24) is 0 Å². The molecule has 1 aliphatic carbocycles. The minimum absolute atomic E-state index is 0.345. The number of aliphatic carboxylic acids is 1. The summed E-state index contributed by atoms with van der Waals surface area (Å²) >= 11 is 1.67. The van der Waals surface area contributed by atoms with E-state index in [1.807, 2.05) is 0 Å². The summed E-state index contributed by atoms with van der Waals surface area (Å²) in [6.07, 6.45) is 4.80. The Kier molecular flexibility index (Phi) is 5.42. The average molecular weight is 233 g/mol. The van der Waals surface area contributed by atoms with Gasteiger partial charge in [0, 0.05) is 18.1 Å². The lowest BCUT2D eigenvalue weighted by atomic mass is 9.97. The van der Waals surface area contributed by atoms with Crippen molar-refractivity contribution in [2.45, 2.75) is 43.1 Å². The molecule has 0 amide bonds. The molecule has 1 fully saturated rings. The maximum atomic E-state index is 10.5. The first-order valence-electron chi connectivity index (χ1n) is 5.26. The van der Waals surface area contributed by atoms with Crippen molar-refractivity contribution in [2.24, 2.45) is 5.73 Å². The van der Waals surface area contributed by atoms with Gasteiger partial charge in [0.15, 0.2) is 0 Å². The van der Waals surface area contributed by atoms with Gasteiger partial charge in [0.05, 0.1) is 6.10 Å². The molecule has 0 saturated heterocycles. The van der Waals surface area contributed by atoms with E-state index in [4.69, 9.17) is 15.6 Å². The molecule has 0 aromatic carbocycles. The van der Waals surface area contributed by atoms with Gasteiger partial charge in [-0.2, -0.15) is 11.8 Å². The Morgan fingerprint density at radius 1 is 1.67 bits per heavy atom. The molecule has 0 spiro atoms. The Balaban J connectivity index is 2.23. The molecular weight excluding hydrogens is 214 g/mol. The highest BCUT2D eigenvalue weighted by Crippen LogP contribution is 2.29. The molecule has 1 saturated carbocycles. The van der Waals surface area contributed by atoms with Gasteiger partial charge in [0.2, 0.25) is 0 Å². The third kappa shape index (κ3) is 4.40.